The van der Waals surface area contributed by atoms with Crippen LogP contribution in [0.2, 0.25) is 5.02 Å². The highest BCUT2D eigenvalue weighted by atomic mass is 35.5. The fourth-order valence-corrected chi connectivity index (χ4v) is 3.75. The highest BCUT2D eigenvalue weighted by molar-refractivity contribution is 7.22. The Morgan fingerprint density at radius 2 is 2.07 bits per heavy atom. The molecule has 0 fully saturated rings. The van der Waals surface area contributed by atoms with Gasteiger partial charge in [0.2, 0.25) is 0 Å². The number of aryl methyl sites for hydroxylation is 1. The topological polar surface area (TPSA) is 78.9 Å². The molecule has 2 aromatic carbocycles. The van der Waals surface area contributed by atoms with Gasteiger partial charge in [-0.15, -0.1) is 0 Å². The minimum absolute atomic E-state index is 0.0768. The molecule has 0 aliphatic heterocycles. The standard InChI is InChI=1S/C22H14ClN3O2S/c1-13-6-7-14(11-17(13)23)19-9-8-16(28-19)10-15(12-24)21(27)26-22-25-18-4-2-3-5-20(18)29-22/h2-11H,1H3,(H,25,26,27)/b15-10+. The van der Waals surface area contributed by atoms with Crippen LogP contribution in [0.4, 0.5) is 5.13 Å². The van der Waals surface area contributed by atoms with E-state index in [4.69, 9.17) is 16.0 Å². The summed E-state index contributed by atoms with van der Waals surface area (Å²) in [6.45, 7) is 1.92. The summed E-state index contributed by atoms with van der Waals surface area (Å²) < 4.78 is 6.72. The largest absolute Gasteiger partial charge is 0.457 e. The second-order valence-corrected chi connectivity index (χ2v) is 7.71. The summed E-state index contributed by atoms with van der Waals surface area (Å²) in [7, 11) is 0. The summed E-state index contributed by atoms with van der Waals surface area (Å²) in [6, 6.07) is 18.6. The molecule has 0 bridgehead atoms. The maximum Gasteiger partial charge on any atom is 0.268 e. The molecule has 4 rings (SSSR count). The number of nitrogens with zero attached hydrogens (tertiary/aromatic N) is 2. The SMILES string of the molecule is Cc1ccc(-c2ccc(/C=C(\C#N)C(=O)Nc3nc4ccccc4s3)o2)cc1Cl. The second-order valence-electron chi connectivity index (χ2n) is 6.28. The van der Waals surface area contributed by atoms with Crippen molar-refractivity contribution in [1.29, 1.82) is 5.26 Å². The number of nitriles is 1. The summed E-state index contributed by atoms with van der Waals surface area (Å²) in [6.07, 6.45) is 1.40. The zero-order valence-corrected chi connectivity index (χ0v) is 16.8. The number of halogens is 1. The van der Waals surface area contributed by atoms with Gasteiger partial charge in [-0.25, -0.2) is 4.98 Å². The summed E-state index contributed by atoms with van der Waals surface area (Å²) in [5.41, 5.74) is 2.51. The van der Waals surface area contributed by atoms with Gasteiger partial charge in [0.25, 0.3) is 5.91 Å². The lowest BCUT2D eigenvalue weighted by atomic mass is 10.1. The van der Waals surface area contributed by atoms with Gasteiger partial charge in [0.05, 0.1) is 10.2 Å². The Bertz CT molecular complexity index is 1260. The van der Waals surface area contributed by atoms with Crippen LogP contribution in [-0.4, -0.2) is 10.9 Å². The summed E-state index contributed by atoms with van der Waals surface area (Å²) in [4.78, 5) is 16.8. The van der Waals surface area contributed by atoms with E-state index in [2.05, 4.69) is 10.3 Å². The van der Waals surface area contributed by atoms with Crippen molar-refractivity contribution in [2.24, 2.45) is 0 Å². The Hall–Kier alpha value is -3.40. The van der Waals surface area contributed by atoms with Crippen molar-refractivity contribution < 1.29 is 9.21 Å². The highest BCUT2D eigenvalue weighted by Gasteiger charge is 2.14. The van der Waals surface area contributed by atoms with Crippen LogP contribution in [0, 0.1) is 18.3 Å². The van der Waals surface area contributed by atoms with Gasteiger partial charge in [-0.2, -0.15) is 5.26 Å². The fourth-order valence-electron chi connectivity index (χ4n) is 2.71. The molecule has 0 radical (unpaired) electrons. The lowest BCUT2D eigenvalue weighted by molar-refractivity contribution is -0.112. The van der Waals surface area contributed by atoms with Crippen molar-refractivity contribution in [3.63, 3.8) is 0 Å². The minimum atomic E-state index is -0.539. The van der Waals surface area contributed by atoms with Crippen molar-refractivity contribution in [2.75, 3.05) is 5.32 Å². The number of nitrogens with one attached hydrogen (secondary N) is 1. The van der Waals surface area contributed by atoms with Crippen molar-refractivity contribution in [2.45, 2.75) is 6.92 Å². The van der Waals surface area contributed by atoms with Gasteiger partial charge in [0, 0.05) is 16.7 Å². The molecule has 4 aromatic rings. The molecule has 2 heterocycles. The zero-order chi connectivity index (χ0) is 20.4. The van der Waals surface area contributed by atoms with E-state index in [0.717, 1.165) is 21.3 Å². The maximum atomic E-state index is 12.5. The van der Waals surface area contributed by atoms with E-state index in [-0.39, 0.29) is 5.57 Å². The molecule has 0 aliphatic rings. The van der Waals surface area contributed by atoms with Crippen molar-refractivity contribution in [1.82, 2.24) is 4.98 Å². The lowest BCUT2D eigenvalue weighted by Gasteiger charge is -2.01. The number of hydrogen-bond acceptors (Lipinski definition) is 5. The first-order chi connectivity index (χ1) is 14.0. The molecule has 0 spiro atoms. The van der Waals surface area contributed by atoms with Crippen molar-refractivity contribution in [3.05, 3.63) is 76.5 Å². The number of rotatable bonds is 4. The number of carbonyl (C=O) groups is 1. The van der Waals surface area contributed by atoms with Gasteiger partial charge in [-0.3, -0.25) is 10.1 Å². The van der Waals surface area contributed by atoms with Gasteiger partial charge in [-0.1, -0.05) is 47.2 Å². The quantitative estimate of drug-likeness (QED) is 0.322. The van der Waals surface area contributed by atoms with Gasteiger partial charge in [-0.05, 0) is 42.8 Å². The molecule has 0 atom stereocenters. The number of aromatic nitrogens is 1. The Morgan fingerprint density at radius 1 is 1.24 bits per heavy atom. The first-order valence-electron chi connectivity index (χ1n) is 8.68. The molecular weight excluding hydrogens is 406 g/mol. The van der Waals surface area contributed by atoms with E-state index in [1.54, 1.807) is 12.1 Å². The number of thiazole rings is 1. The van der Waals surface area contributed by atoms with Crippen molar-refractivity contribution >= 4 is 50.3 Å². The first-order valence-corrected chi connectivity index (χ1v) is 9.88. The Labute approximate surface area is 175 Å². The average Bonchev–Trinajstić information content (AvgIpc) is 3.34. The van der Waals surface area contributed by atoms with Crippen LogP contribution in [0.25, 0.3) is 27.6 Å². The van der Waals surface area contributed by atoms with Crippen LogP contribution in [0.3, 0.4) is 0 Å². The average molecular weight is 420 g/mol. The molecule has 1 amide bonds. The molecule has 0 saturated carbocycles. The third kappa shape index (κ3) is 4.06. The van der Waals surface area contributed by atoms with Crippen LogP contribution in [0.15, 0.2) is 64.6 Å². The molecule has 0 saturated heterocycles. The highest BCUT2D eigenvalue weighted by Crippen LogP contribution is 2.28. The van der Waals surface area contributed by atoms with Gasteiger partial charge in [0.1, 0.15) is 23.2 Å². The van der Waals surface area contributed by atoms with E-state index < -0.39 is 5.91 Å². The summed E-state index contributed by atoms with van der Waals surface area (Å²) >= 11 is 7.52. The number of furan rings is 1. The molecule has 142 valence electrons. The maximum absolute atomic E-state index is 12.5. The zero-order valence-electron chi connectivity index (χ0n) is 15.3. The van der Waals surface area contributed by atoms with Crippen LogP contribution in [0.1, 0.15) is 11.3 Å². The summed E-state index contributed by atoms with van der Waals surface area (Å²) in [5, 5.41) is 13.2. The monoisotopic (exact) mass is 419 g/mol. The van der Waals surface area contributed by atoms with E-state index in [0.29, 0.717) is 21.7 Å². The number of hydrogen-bond donors (Lipinski definition) is 1. The summed E-state index contributed by atoms with van der Waals surface area (Å²) in [5.74, 6) is 0.456. The molecular formula is C22H14ClN3O2S. The number of amides is 1. The van der Waals surface area contributed by atoms with Crippen LogP contribution in [-0.2, 0) is 4.79 Å². The fraction of sp³-hybridized carbons (Fsp3) is 0.0455. The number of fused-ring (bicyclic) bond motifs is 1. The van der Waals surface area contributed by atoms with Crippen LogP contribution in [0.5, 0.6) is 0 Å². The Morgan fingerprint density at radius 3 is 2.83 bits per heavy atom. The normalized spacial score (nSPS) is 11.4. The van der Waals surface area contributed by atoms with Gasteiger partial charge < -0.3 is 4.42 Å². The molecule has 0 unspecified atom stereocenters. The number of benzene rings is 2. The smallest absolute Gasteiger partial charge is 0.268 e. The predicted octanol–water partition coefficient (Wildman–Crippen LogP) is 6.06. The third-order valence-corrected chi connectivity index (χ3v) is 5.61. The van der Waals surface area contributed by atoms with Gasteiger partial charge >= 0.3 is 0 Å². The molecule has 5 nitrogen and oxygen atoms in total. The van der Waals surface area contributed by atoms with Gasteiger partial charge in [0.15, 0.2) is 5.13 Å². The van der Waals surface area contributed by atoms with Crippen LogP contribution >= 0.6 is 22.9 Å². The lowest BCUT2D eigenvalue weighted by Crippen LogP contribution is -2.13. The predicted molar refractivity (Wildman–Crippen MR) is 116 cm³/mol. The number of carbonyl (C=O) groups excluding carboxylic acids is 1. The minimum Gasteiger partial charge on any atom is -0.457 e. The van der Waals surface area contributed by atoms with E-state index in [9.17, 15) is 10.1 Å². The Balaban J connectivity index is 1.55. The number of para-hydroxylation sites is 1. The number of anilines is 1. The Kier molecular flexibility index (Phi) is 5.17. The molecule has 29 heavy (non-hydrogen) atoms. The van der Waals surface area contributed by atoms with Crippen molar-refractivity contribution in [3.8, 4) is 17.4 Å². The van der Waals surface area contributed by atoms with E-state index >= 15 is 0 Å². The van der Waals surface area contributed by atoms with Crippen LogP contribution < -0.4 is 5.32 Å². The first kappa shape index (κ1) is 18.9. The second kappa shape index (κ2) is 7.92. The molecule has 2 aromatic heterocycles. The molecule has 7 heteroatoms. The third-order valence-electron chi connectivity index (χ3n) is 4.25. The van der Waals surface area contributed by atoms with E-state index in [1.165, 1.54) is 17.4 Å². The molecule has 0 aliphatic carbocycles. The molecule has 1 N–H and O–H groups in total. The van der Waals surface area contributed by atoms with E-state index in [1.807, 2.05) is 55.5 Å².